The molecule has 1 aromatic rings. The van der Waals surface area contributed by atoms with Crippen molar-refractivity contribution in [3.8, 4) is 0 Å². The molecule has 19 heavy (non-hydrogen) atoms. The smallest absolute Gasteiger partial charge is 0.320 e. The summed E-state index contributed by atoms with van der Waals surface area (Å²) in [6.45, 7) is 2.54. The Morgan fingerprint density at radius 2 is 2.37 bits per heavy atom. The van der Waals surface area contributed by atoms with E-state index in [1.165, 1.54) is 0 Å². The van der Waals surface area contributed by atoms with Gasteiger partial charge in [0.25, 0.3) is 0 Å². The van der Waals surface area contributed by atoms with E-state index in [0.29, 0.717) is 30.3 Å². The number of aryl methyl sites for hydroxylation is 1. The third kappa shape index (κ3) is 6.12. The highest BCUT2D eigenvalue weighted by Gasteiger charge is 2.10. The molecule has 1 aromatic heterocycles. The van der Waals surface area contributed by atoms with Crippen LogP contribution in [-0.4, -0.2) is 33.8 Å². The minimum atomic E-state index is -0.982. The predicted molar refractivity (Wildman–Crippen MR) is 78.0 cm³/mol. The van der Waals surface area contributed by atoms with Gasteiger partial charge in [-0.1, -0.05) is 0 Å². The quantitative estimate of drug-likeness (QED) is 0.453. The van der Waals surface area contributed by atoms with Gasteiger partial charge in [0, 0.05) is 12.7 Å². The Morgan fingerprint density at radius 3 is 3.00 bits per heavy atom. The number of rotatable bonds is 6. The van der Waals surface area contributed by atoms with Crippen molar-refractivity contribution in [2.75, 3.05) is 11.9 Å². The van der Waals surface area contributed by atoms with E-state index in [9.17, 15) is 4.79 Å². The van der Waals surface area contributed by atoms with Crippen molar-refractivity contribution in [3.63, 3.8) is 0 Å². The van der Waals surface area contributed by atoms with E-state index in [2.05, 4.69) is 15.6 Å². The molecule has 6 nitrogen and oxygen atoms in total. The van der Waals surface area contributed by atoms with E-state index in [0.717, 1.165) is 5.56 Å². The van der Waals surface area contributed by atoms with E-state index in [-0.39, 0.29) is 0 Å². The molecule has 0 spiro atoms. The SMILES string of the molecule is Cc1ccnc(NC(=S)NCCC[C@H](N)C(=O)O)c1. The van der Waals surface area contributed by atoms with Crippen molar-refractivity contribution in [3.05, 3.63) is 23.9 Å². The Balaban J connectivity index is 2.23. The lowest BCUT2D eigenvalue weighted by Gasteiger charge is -2.11. The molecule has 0 bridgehead atoms. The topological polar surface area (TPSA) is 100 Å². The average Bonchev–Trinajstić information content (AvgIpc) is 2.34. The number of nitrogens with two attached hydrogens (primary N) is 1. The summed E-state index contributed by atoms with van der Waals surface area (Å²) in [5, 5.41) is 15.0. The fourth-order valence-corrected chi connectivity index (χ4v) is 1.62. The molecule has 1 rings (SSSR count). The molecule has 1 heterocycles. The first-order chi connectivity index (χ1) is 8.99. The number of hydrogen-bond donors (Lipinski definition) is 4. The molecule has 1 atom stereocenters. The van der Waals surface area contributed by atoms with Crippen LogP contribution < -0.4 is 16.4 Å². The summed E-state index contributed by atoms with van der Waals surface area (Å²) in [5.74, 6) is -0.301. The number of aliphatic carboxylic acids is 1. The summed E-state index contributed by atoms with van der Waals surface area (Å²) in [4.78, 5) is 14.6. The number of carboxylic acid groups (broad SMARTS) is 1. The molecule has 0 aromatic carbocycles. The van der Waals surface area contributed by atoms with Crippen molar-refractivity contribution in [2.45, 2.75) is 25.8 Å². The minimum Gasteiger partial charge on any atom is -0.480 e. The molecule has 0 aliphatic carbocycles. The Kier molecular flexibility index (Phi) is 6.17. The Bertz CT molecular complexity index is 453. The van der Waals surface area contributed by atoms with Crippen LogP contribution in [-0.2, 0) is 4.79 Å². The van der Waals surface area contributed by atoms with Crippen LogP contribution in [0.2, 0.25) is 0 Å². The second kappa shape index (κ2) is 7.65. The highest BCUT2D eigenvalue weighted by atomic mass is 32.1. The van der Waals surface area contributed by atoms with Crippen LogP contribution in [0.3, 0.4) is 0 Å². The lowest BCUT2D eigenvalue weighted by molar-refractivity contribution is -0.138. The maximum atomic E-state index is 10.5. The molecule has 0 fully saturated rings. The third-order valence-electron chi connectivity index (χ3n) is 2.45. The zero-order valence-electron chi connectivity index (χ0n) is 10.7. The van der Waals surface area contributed by atoms with Crippen molar-refractivity contribution < 1.29 is 9.90 Å². The maximum Gasteiger partial charge on any atom is 0.320 e. The molecule has 0 amide bonds. The molecule has 0 unspecified atom stereocenters. The monoisotopic (exact) mass is 282 g/mol. The predicted octanol–water partition coefficient (Wildman–Crippen LogP) is 0.869. The van der Waals surface area contributed by atoms with Crippen LogP contribution in [0.4, 0.5) is 5.82 Å². The fourth-order valence-electron chi connectivity index (χ4n) is 1.41. The van der Waals surface area contributed by atoms with Gasteiger partial charge >= 0.3 is 5.97 Å². The van der Waals surface area contributed by atoms with Gasteiger partial charge < -0.3 is 21.5 Å². The standard InChI is InChI=1S/C12H18N4O2S/c1-8-4-6-14-10(7-8)16-12(19)15-5-2-3-9(13)11(17)18/h4,6-7,9H,2-3,5,13H2,1H3,(H,17,18)(H2,14,15,16,19)/t9-/m0/s1. The largest absolute Gasteiger partial charge is 0.480 e. The summed E-state index contributed by atoms with van der Waals surface area (Å²) in [7, 11) is 0. The van der Waals surface area contributed by atoms with Gasteiger partial charge in [-0.25, -0.2) is 4.98 Å². The van der Waals surface area contributed by atoms with Crippen LogP contribution in [0.15, 0.2) is 18.3 Å². The number of anilines is 1. The molecule has 7 heteroatoms. The van der Waals surface area contributed by atoms with Gasteiger partial charge in [-0.15, -0.1) is 0 Å². The fraction of sp³-hybridized carbons (Fsp3) is 0.417. The summed E-state index contributed by atoms with van der Waals surface area (Å²) >= 11 is 5.10. The molecule has 0 aliphatic rings. The number of thiocarbonyl (C=S) groups is 1. The molecule has 0 saturated carbocycles. The summed E-state index contributed by atoms with van der Waals surface area (Å²) in [6.07, 6.45) is 2.75. The van der Waals surface area contributed by atoms with Crippen LogP contribution in [0.25, 0.3) is 0 Å². The maximum absolute atomic E-state index is 10.5. The van der Waals surface area contributed by atoms with E-state index in [1.807, 2.05) is 19.1 Å². The third-order valence-corrected chi connectivity index (χ3v) is 2.70. The molecule has 104 valence electrons. The average molecular weight is 282 g/mol. The van der Waals surface area contributed by atoms with E-state index >= 15 is 0 Å². The summed E-state index contributed by atoms with van der Waals surface area (Å²) in [6, 6.07) is 2.96. The van der Waals surface area contributed by atoms with Crippen molar-refractivity contribution in [1.82, 2.24) is 10.3 Å². The molecular formula is C12H18N4O2S. The zero-order valence-corrected chi connectivity index (χ0v) is 11.5. The lowest BCUT2D eigenvalue weighted by atomic mass is 10.2. The Morgan fingerprint density at radius 1 is 1.63 bits per heavy atom. The van der Waals surface area contributed by atoms with Crippen molar-refractivity contribution >= 4 is 29.1 Å². The summed E-state index contributed by atoms with van der Waals surface area (Å²) in [5.41, 5.74) is 6.48. The first-order valence-corrected chi connectivity index (χ1v) is 6.36. The molecule has 0 radical (unpaired) electrons. The van der Waals surface area contributed by atoms with Crippen LogP contribution in [0.5, 0.6) is 0 Å². The van der Waals surface area contributed by atoms with E-state index < -0.39 is 12.0 Å². The summed E-state index contributed by atoms with van der Waals surface area (Å²) < 4.78 is 0. The molecule has 5 N–H and O–H groups in total. The van der Waals surface area contributed by atoms with Crippen LogP contribution >= 0.6 is 12.2 Å². The second-order valence-corrected chi connectivity index (χ2v) is 4.59. The van der Waals surface area contributed by atoms with Gasteiger partial charge in [-0.05, 0) is 49.7 Å². The molecule has 0 saturated heterocycles. The first kappa shape index (κ1) is 15.3. The minimum absolute atomic E-state index is 0.410. The lowest BCUT2D eigenvalue weighted by Crippen LogP contribution is -2.33. The number of hydrogen-bond acceptors (Lipinski definition) is 4. The van der Waals surface area contributed by atoms with Crippen molar-refractivity contribution in [1.29, 1.82) is 0 Å². The second-order valence-electron chi connectivity index (χ2n) is 4.19. The number of carboxylic acids is 1. The Hall–Kier alpha value is -1.73. The molecule has 0 aliphatic heterocycles. The Labute approximate surface area is 117 Å². The molecular weight excluding hydrogens is 264 g/mol. The van der Waals surface area contributed by atoms with Gasteiger partial charge in [-0.2, -0.15) is 0 Å². The first-order valence-electron chi connectivity index (χ1n) is 5.95. The number of carbonyl (C=O) groups is 1. The van der Waals surface area contributed by atoms with Crippen LogP contribution in [0, 0.1) is 6.92 Å². The zero-order chi connectivity index (χ0) is 14.3. The number of pyridine rings is 1. The number of nitrogens with zero attached hydrogens (tertiary/aromatic N) is 1. The van der Waals surface area contributed by atoms with Gasteiger partial charge in [0.1, 0.15) is 11.9 Å². The van der Waals surface area contributed by atoms with E-state index in [4.69, 9.17) is 23.1 Å². The highest BCUT2D eigenvalue weighted by Crippen LogP contribution is 2.04. The number of nitrogens with one attached hydrogen (secondary N) is 2. The van der Waals surface area contributed by atoms with Gasteiger partial charge in [0.15, 0.2) is 5.11 Å². The van der Waals surface area contributed by atoms with Gasteiger partial charge in [-0.3, -0.25) is 4.79 Å². The van der Waals surface area contributed by atoms with Crippen LogP contribution in [0.1, 0.15) is 18.4 Å². The normalized spacial score (nSPS) is 11.7. The van der Waals surface area contributed by atoms with E-state index in [1.54, 1.807) is 6.20 Å². The van der Waals surface area contributed by atoms with Gasteiger partial charge in [0.05, 0.1) is 0 Å². The van der Waals surface area contributed by atoms with Gasteiger partial charge in [0.2, 0.25) is 0 Å². The number of aromatic nitrogens is 1. The highest BCUT2D eigenvalue weighted by molar-refractivity contribution is 7.80. The van der Waals surface area contributed by atoms with Crippen molar-refractivity contribution in [2.24, 2.45) is 5.73 Å².